The van der Waals surface area contributed by atoms with E-state index in [1.165, 1.54) is 23.3 Å². The lowest BCUT2D eigenvalue weighted by Crippen LogP contribution is -2.15. The number of hydrogen-bond acceptors (Lipinski definition) is 7. The van der Waals surface area contributed by atoms with Gasteiger partial charge in [-0.3, -0.25) is 14.5 Å². The minimum atomic E-state index is -0.188. The molecule has 3 aromatic heterocycles. The lowest BCUT2D eigenvalue weighted by molar-refractivity contribution is -0.113. The molecule has 5 rings (SSSR count). The van der Waals surface area contributed by atoms with Crippen molar-refractivity contribution in [3.63, 3.8) is 0 Å². The molecule has 5 aromatic rings. The molecule has 3 heterocycles. The molecule has 2 aromatic carbocycles. The summed E-state index contributed by atoms with van der Waals surface area (Å²) in [5, 5.41) is 13.9. The number of aryl methyl sites for hydroxylation is 2. The lowest BCUT2D eigenvalue weighted by atomic mass is 10.1. The molecule has 31 heavy (non-hydrogen) atoms. The fraction of sp³-hybridized carbons (Fsp3) is 0.136. The molecule has 0 atom stereocenters. The molecular formula is C22H18N6OS2. The van der Waals surface area contributed by atoms with Gasteiger partial charge in [0.1, 0.15) is 5.01 Å². The summed E-state index contributed by atoms with van der Waals surface area (Å²) in [6.45, 7) is 4.09. The predicted molar refractivity (Wildman–Crippen MR) is 125 cm³/mol. The molecule has 0 aliphatic carbocycles. The molecule has 7 nitrogen and oxygen atoms in total. The standard InChI is InChI=1S/C22H18N6OS2/c1-13-7-3-4-9-16(13)20-24-21(27-31-20)23-19(29)12-30-22-26-25-18-11-14(2)15-8-5-6-10-17(15)28(18)22/h3-11H,12H2,1-2H3,(H,23,27,29). The number of carbonyl (C=O) groups excluding carboxylic acids is 1. The Morgan fingerprint density at radius 1 is 1.06 bits per heavy atom. The number of carbonyl (C=O) groups is 1. The van der Waals surface area contributed by atoms with Gasteiger partial charge in [0.15, 0.2) is 10.8 Å². The van der Waals surface area contributed by atoms with Gasteiger partial charge in [0.25, 0.3) is 0 Å². The van der Waals surface area contributed by atoms with Crippen molar-refractivity contribution in [1.29, 1.82) is 0 Å². The van der Waals surface area contributed by atoms with Crippen LogP contribution in [0.4, 0.5) is 5.95 Å². The molecule has 0 aliphatic heterocycles. The number of thioether (sulfide) groups is 1. The highest BCUT2D eigenvalue weighted by molar-refractivity contribution is 7.99. The number of amides is 1. The monoisotopic (exact) mass is 446 g/mol. The van der Waals surface area contributed by atoms with Crippen LogP contribution in [0.25, 0.3) is 27.1 Å². The van der Waals surface area contributed by atoms with Gasteiger partial charge in [0.2, 0.25) is 11.9 Å². The van der Waals surface area contributed by atoms with Crippen LogP contribution >= 0.6 is 23.3 Å². The first-order valence-electron chi connectivity index (χ1n) is 9.66. The van der Waals surface area contributed by atoms with E-state index in [-0.39, 0.29) is 11.7 Å². The SMILES string of the molecule is Cc1ccccc1-c1nc(NC(=O)CSc2nnc3cc(C)c4ccccc4n23)ns1. The first kappa shape index (κ1) is 19.7. The first-order chi connectivity index (χ1) is 15.1. The summed E-state index contributed by atoms with van der Waals surface area (Å²) in [6, 6.07) is 18.1. The van der Waals surface area contributed by atoms with Gasteiger partial charge in [-0.25, -0.2) is 0 Å². The quantitative estimate of drug-likeness (QED) is 0.392. The Hall–Kier alpha value is -3.30. The Kier molecular flexibility index (Phi) is 5.13. The van der Waals surface area contributed by atoms with Crippen molar-refractivity contribution >= 4 is 51.7 Å². The second-order valence-electron chi connectivity index (χ2n) is 7.10. The maximum Gasteiger partial charge on any atom is 0.241 e. The van der Waals surface area contributed by atoms with Crippen LogP contribution < -0.4 is 5.32 Å². The zero-order chi connectivity index (χ0) is 21.4. The fourth-order valence-corrected chi connectivity index (χ4v) is 4.92. The number of rotatable bonds is 5. The van der Waals surface area contributed by atoms with Crippen molar-refractivity contribution in [2.45, 2.75) is 19.0 Å². The molecule has 0 fully saturated rings. The molecule has 1 N–H and O–H groups in total. The van der Waals surface area contributed by atoms with Crippen molar-refractivity contribution in [1.82, 2.24) is 24.0 Å². The molecule has 0 aliphatic rings. The van der Waals surface area contributed by atoms with E-state index in [9.17, 15) is 4.79 Å². The van der Waals surface area contributed by atoms with Gasteiger partial charge in [0, 0.05) is 10.9 Å². The van der Waals surface area contributed by atoms with E-state index in [1.54, 1.807) is 0 Å². The number of anilines is 1. The minimum Gasteiger partial charge on any atom is -0.293 e. The van der Waals surface area contributed by atoms with Crippen LogP contribution in [-0.4, -0.2) is 35.6 Å². The minimum absolute atomic E-state index is 0.182. The summed E-state index contributed by atoms with van der Waals surface area (Å²) in [5.74, 6) is 0.315. The maximum absolute atomic E-state index is 12.5. The van der Waals surface area contributed by atoms with E-state index >= 15 is 0 Å². The highest BCUT2D eigenvalue weighted by Gasteiger charge is 2.15. The number of para-hydroxylation sites is 1. The molecule has 0 spiro atoms. The van der Waals surface area contributed by atoms with Crippen LogP contribution in [0.5, 0.6) is 0 Å². The average molecular weight is 447 g/mol. The largest absolute Gasteiger partial charge is 0.293 e. The second-order valence-corrected chi connectivity index (χ2v) is 8.79. The molecule has 1 amide bonds. The normalized spacial score (nSPS) is 11.3. The van der Waals surface area contributed by atoms with Gasteiger partial charge >= 0.3 is 0 Å². The maximum atomic E-state index is 12.5. The third kappa shape index (κ3) is 3.77. The smallest absolute Gasteiger partial charge is 0.241 e. The number of benzene rings is 2. The Labute approximate surface area is 186 Å². The van der Waals surface area contributed by atoms with Crippen molar-refractivity contribution in [2.24, 2.45) is 0 Å². The highest BCUT2D eigenvalue weighted by Crippen LogP contribution is 2.27. The highest BCUT2D eigenvalue weighted by atomic mass is 32.2. The summed E-state index contributed by atoms with van der Waals surface area (Å²) >= 11 is 2.61. The van der Waals surface area contributed by atoms with Gasteiger partial charge in [-0.15, -0.1) is 10.2 Å². The number of hydrogen-bond donors (Lipinski definition) is 1. The summed E-state index contributed by atoms with van der Waals surface area (Å²) in [7, 11) is 0. The number of fused-ring (bicyclic) bond motifs is 3. The molecule has 0 radical (unpaired) electrons. The van der Waals surface area contributed by atoms with E-state index in [0.717, 1.165) is 38.2 Å². The summed E-state index contributed by atoms with van der Waals surface area (Å²) in [6.07, 6.45) is 0. The summed E-state index contributed by atoms with van der Waals surface area (Å²) in [5.41, 5.74) is 5.07. The first-order valence-corrected chi connectivity index (χ1v) is 11.4. The van der Waals surface area contributed by atoms with E-state index in [4.69, 9.17) is 0 Å². The van der Waals surface area contributed by atoms with Crippen molar-refractivity contribution in [3.05, 3.63) is 65.7 Å². The number of nitrogens with one attached hydrogen (secondary N) is 1. The molecule has 0 saturated heterocycles. The van der Waals surface area contributed by atoms with Gasteiger partial charge < -0.3 is 0 Å². The molecule has 0 unspecified atom stereocenters. The molecular weight excluding hydrogens is 428 g/mol. The van der Waals surface area contributed by atoms with Gasteiger partial charge in [-0.1, -0.05) is 54.2 Å². The Morgan fingerprint density at radius 2 is 1.87 bits per heavy atom. The topological polar surface area (TPSA) is 85.1 Å². The Bertz CT molecular complexity index is 1420. The van der Waals surface area contributed by atoms with E-state index < -0.39 is 0 Å². The number of pyridine rings is 1. The van der Waals surface area contributed by atoms with Crippen LogP contribution in [0.15, 0.2) is 59.8 Å². The summed E-state index contributed by atoms with van der Waals surface area (Å²) < 4.78 is 6.26. The zero-order valence-corrected chi connectivity index (χ0v) is 18.5. The third-order valence-corrected chi connectivity index (χ3v) is 6.64. The molecule has 0 saturated carbocycles. The van der Waals surface area contributed by atoms with E-state index in [0.29, 0.717) is 11.1 Å². The number of nitrogens with zero attached hydrogens (tertiary/aromatic N) is 5. The van der Waals surface area contributed by atoms with E-state index in [1.807, 2.05) is 59.9 Å². The van der Waals surface area contributed by atoms with Crippen LogP contribution in [0, 0.1) is 13.8 Å². The van der Waals surface area contributed by atoms with Crippen LogP contribution in [0.3, 0.4) is 0 Å². The van der Waals surface area contributed by atoms with Crippen molar-refractivity contribution in [2.75, 3.05) is 11.1 Å². The fourth-order valence-electron chi connectivity index (χ4n) is 3.46. The molecule has 0 bridgehead atoms. The van der Waals surface area contributed by atoms with Crippen molar-refractivity contribution < 1.29 is 4.79 Å². The zero-order valence-electron chi connectivity index (χ0n) is 16.9. The summed E-state index contributed by atoms with van der Waals surface area (Å²) in [4.78, 5) is 17.0. The van der Waals surface area contributed by atoms with Crippen molar-refractivity contribution in [3.8, 4) is 10.6 Å². The number of aromatic nitrogens is 5. The van der Waals surface area contributed by atoms with Gasteiger partial charge in [-0.05, 0) is 48.6 Å². The second kappa shape index (κ2) is 8.09. The van der Waals surface area contributed by atoms with Crippen LogP contribution in [-0.2, 0) is 4.79 Å². The Morgan fingerprint density at radius 3 is 2.74 bits per heavy atom. The lowest BCUT2D eigenvalue weighted by Gasteiger charge is -2.07. The van der Waals surface area contributed by atoms with E-state index in [2.05, 4.69) is 37.9 Å². The van der Waals surface area contributed by atoms with Gasteiger partial charge in [-0.2, -0.15) is 9.36 Å². The Balaban J connectivity index is 1.32. The molecule has 154 valence electrons. The van der Waals surface area contributed by atoms with Crippen LogP contribution in [0.1, 0.15) is 11.1 Å². The predicted octanol–water partition coefficient (Wildman–Crippen LogP) is 4.75. The van der Waals surface area contributed by atoms with Crippen LogP contribution in [0.2, 0.25) is 0 Å². The average Bonchev–Trinajstić information content (AvgIpc) is 3.40. The third-order valence-electron chi connectivity index (χ3n) is 4.96. The van der Waals surface area contributed by atoms with Gasteiger partial charge in [0.05, 0.1) is 11.3 Å². The molecule has 9 heteroatoms.